The summed E-state index contributed by atoms with van der Waals surface area (Å²) in [6.45, 7) is 4.76. The van der Waals surface area contributed by atoms with Gasteiger partial charge < -0.3 is 9.15 Å². The van der Waals surface area contributed by atoms with E-state index >= 15 is 0 Å². The van der Waals surface area contributed by atoms with Crippen molar-refractivity contribution < 1.29 is 9.15 Å². The van der Waals surface area contributed by atoms with Crippen molar-refractivity contribution in [3.63, 3.8) is 0 Å². The summed E-state index contributed by atoms with van der Waals surface area (Å²) in [7, 11) is 0. The van der Waals surface area contributed by atoms with Crippen LogP contribution in [0.2, 0.25) is 5.02 Å². The van der Waals surface area contributed by atoms with Crippen molar-refractivity contribution in [3.8, 4) is 33.8 Å². The van der Waals surface area contributed by atoms with Crippen molar-refractivity contribution in [3.05, 3.63) is 261 Å². The minimum atomic E-state index is -0.604. The van der Waals surface area contributed by atoms with Crippen LogP contribution in [0, 0.1) is 0 Å². The highest BCUT2D eigenvalue weighted by molar-refractivity contribution is 7.99. The minimum Gasteiger partial charge on any atom is -0.457 e. The monoisotopic (exact) mass is 896 g/mol. The SMILES string of the molecule is CC1(C)c2ccccc2Sc2ccc(C(c3ccc4c(c3)-c3ccccc3C43c4ccccc4Oc4cc(Cl)ccc43)c3cc(-c4ccc5ccccc5c4)c4oc5ccccc5c4c3)cc21. The second-order valence-corrected chi connectivity index (χ2v) is 20.4. The van der Waals surface area contributed by atoms with Gasteiger partial charge in [-0.2, -0.15) is 0 Å². The van der Waals surface area contributed by atoms with Crippen molar-refractivity contribution in [1.29, 1.82) is 0 Å². The maximum Gasteiger partial charge on any atom is 0.143 e. The zero-order chi connectivity index (χ0) is 44.6. The quantitative estimate of drug-likeness (QED) is 0.164. The molecule has 0 saturated carbocycles. The molecule has 0 fully saturated rings. The average molecular weight is 898 g/mol. The fraction of sp³-hybridized carbons (Fsp3) is 0.0794. The summed E-state index contributed by atoms with van der Waals surface area (Å²) < 4.78 is 13.5. The fourth-order valence-electron chi connectivity index (χ4n) is 11.9. The summed E-state index contributed by atoms with van der Waals surface area (Å²) in [5, 5.41) is 5.29. The van der Waals surface area contributed by atoms with E-state index in [1.165, 1.54) is 70.6 Å². The molecule has 2 unspecified atom stereocenters. The van der Waals surface area contributed by atoms with Crippen LogP contribution in [0.4, 0.5) is 0 Å². The van der Waals surface area contributed by atoms with Gasteiger partial charge in [0.05, 0.1) is 5.41 Å². The molecule has 1 aliphatic carbocycles. The highest BCUT2D eigenvalue weighted by Gasteiger charge is 2.51. The maximum atomic E-state index is 6.84. The molecule has 4 heteroatoms. The predicted molar refractivity (Wildman–Crippen MR) is 276 cm³/mol. The Morgan fingerprint density at radius 2 is 1.12 bits per heavy atom. The van der Waals surface area contributed by atoms with Crippen LogP contribution in [0.3, 0.4) is 0 Å². The third-order valence-electron chi connectivity index (χ3n) is 14.9. The number of ether oxygens (including phenoxy) is 1. The summed E-state index contributed by atoms with van der Waals surface area (Å²) in [5.41, 5.74) is 16.8. The Morgan fingerprint density at radius 1 is 0.448 bits per heavy atom. The molecule has 11 aromatic rings. The van der Waals surface area contributed by atoms with E-state index in [9.17, 15) is 0 Å². The zero-order valence-corrected chi connectivity index (χ0v) is 38.4. The first-order chi connectivity index (χ1) is 32.8. The molecule has 0 saturated heterocycles. The van der Waals surface area contributed by atoms with E-state index in [0.29, 0.717) is 5.02 Å². The van der Waals surface area contributed by atoms with E-state index in [0.717, 1.165) is 55.7 Å². The van der Waals surface area contributed by atoms with Crippen molar-refractivity contribution >= 4 is 56.1 Å². The lowest BCUT2D eigenvalue weighted by Gasteiger charge is -2.39. The molecule has 67 heavy (non-hydrogen) atoms. The Bertz CT molecular complexity index is 3900. The number of hydrogen-bond acceptors (Lipinski definition) is 3. The topological polar surface area (TPSA) is 22.4 Å². The first-order valence-corrected chi connectivity index (χ1v) is 24.2. The third-order valence-corrected chi connectivity index (χ3v) is 16.3. The number of benzene rings is 10. The van der Waals surface area contributed by atoms with Gasteiger partial charge in [-0.3, -0.25) is 0 Å². The van der Waals surface area contributed by atoms with E-state index in [4.69, 9.17) is 20.8 Å². The molecule has 0 N–H and O–H groups in total. The summed E-state index contributed by atoms with van der Waals surface area (Å²) in [6, 6.07) is 75.7. The summed E-state index contributed by atoms with van der Waals surface area (Å²) in [5.74, 6) is 1.50. The average Bonchev–Trinajstić information content (AvgIpc) is 3.87. The summed E-state index contributed by atoms with van der Waals surface area (Å²) in [6.07, 6.45) is 0. The normalized spacial score (nSPS) is 16.5. The van der Waals surface area contributed by atoms with Gasteiger partial charge in [0.25, 0.3) is 0 Å². The Hall–Kier alpha value is -7.30. The molecule has 10 aromatic carbocycles. The van der Waals surface area contributed by atoms with Gasteiger partial charge in [-0.05, 0) is 127 Å². The Balaban J connectivity index is 1.05. The molecule has 0 bridgehead atoms. The van der Waals surface area contributed by atoms with Crippen LogP contribution in [0.15, 0.2) is 220 Å². The second kappa shape index (κ2) is 14.3. The molecule has 2 atom stereocenters. The largest absolute Gasteiger partial charge is 0.457 e. The smallest absolute Gasteiger partial charge is 0.143 e. The standard InChI is InChI=1S/C63H41ClO2S/c1-62(2)53-19-9-12-22-58(53)67-59-30-26-41(35-54(59)62)60(42-33-46(39-24-23-37-13-3-4-14-38(37)31-39)61-48(34-42)45-16-6-10-20-55(45)66-61)40-25-28-50-47(32-40)44-15-5-7-17-49(44)63(50)51-18-8-11-21-56(51)65-57-36-43(64)27-29-52(57)63/h3-36,60H,1-2H3. The highest BCUT2D eigenvalue weighted by Crippen LogP contribution is 2.63. The van der Waals surface area contributed by atoms with E-state index in [1.807, 2.05) is 23.9 Å². The summed E-state index contributed by atoms with van der Waals surface area (Å²) in [4.78, 5) is 2.63. The van der Waals surface area contributed by atoms with Crippen LogP contribution in [-0.2, 0) is 10.8 Å². The molecule has 0 radical (unpaired) electrons. The molecule has 3 heterocycles. The van der Waals surface area contributed by atoms with Crippen LogP contribution < -0.4 is 4.74 Å². The van der Waals surface area contributed by atoms with E-state index in [-0.39, 0.29) is 11.3 Å². The number of para-hydroxylation sites is 2. The lowest BCUT2D eigenvalue weighted by atomic mass is 9.66. The lowest BCUT2D eigenvalue weighted by Crippen LogP contribution is -2.32. The number of fused-ring (bicyclic) bond motifs is 15. The number of furan rings is 1. The first kappa shape index (κ1) is 38.9. The number of halogens is 1. The van der Waals surface area contributed by atoms with Crippen LogP contribution in [-0.4, -0.2) is 0 Å². The van der Waals surface area contributed by atoms with Crippen LogP contribution in [0.1, 0.15) is 69.8 Å². The molecule has 2 aliphatic heterocycles. The van der Waals surface area contributed by atoms with Gasteiger partial charge in [0.15, 0.2) is 0 Å². The summed E-state index contributed by atoms with van der Waals surface area (Å²) >= 11 is 8.59. The first-order valence-electron chi connectivity index (χ1n) is 23.0. The van der Waals surface area contributed by atoms with Gasteiger partial charge >= 0.3 is 0 Å². The molecular formula is C63H41ClO2S. The van der Waals surface area contributed by atoms with E-state index < -0.39 is 5.41 Å². The molecule has 1 spiro atoms. The minimum absolute atomic E-state index is 0.136. The Morgan fingerprint density at radius 3 is 2.03 bits per heavy atom. The predicted octanol–water partition coefficient (Wildman–Crippen LogP) is 17.5. The van der Waals surface area contributed by atoms with Gasteiger partial charge in [0, 0.05) is 53.6 Å². The van der Waals surface area contributed by atoms with Crippen molar-refractivity contribution in [2.75, 3.05) is 0 Å². The number of rotatable bonds is 4. The van der Waals surface area contributed by atoms with Crippen molar-refractivity contribution in [2.24, 2.45) is 0 Å². The molecule has 3 aliphatic rings. The van der Waals surface area contributed by atoms with Gasteiger partial charge in [-0.1, -0.05) is 183 Å². The Kier molecular flexibility index (Phi) is 8.34. The van der Waals surface area contributed by atoms with E-state index in [1.54, 1.807) is 0 Å². The van der Waals surface area contributed by atoms with Crippen molar-refractivity contribution in [1.82, 2.24) is 0 Å². The van der Waals surface area contributed by atoms with Gasteiger partial charge in [-0.25, -0.2) is 0 Å². The molecular weight excluding hydrogens is 856 g/mol. The molecule has 14 rings (SSSR count). The second-order valence-electron chi connectivity index (χ2n) is 18.9. The maximum absolute atomic E-state index is 6.84. The fourth-order valence-corrected chi connectivity index (χ4v) is 13.4. The molecule has 1 aromatic heterocycles. The van der Waals surface area contributed by atoms with Crippen LogP contribution in [0.5, 0.6) is 11.5 Å². The Labute approximate surface area is 398 Å². The van der Waals surface area contributed by atoms with Gasteiger partial charge in [0.1, 0.15) is 22.7 Å². The third kappa shape index (κ3) is 5.59. The van der Waals surface area contributed by atoms with Gasteiger partial charge in [-0.15, -0.1) is 0 Å². The zero-order valence-electron chi connectivity index (χ0n) is 36.8. The van der Waals surface area contributed by atoms with Crippen LogP contribution >= 0.6 is 23.4 Å². The van der Waals surface area contributed by atoms with E-state index in [2.05, 4.69) is 208 Å². The lowest BCUT2D eigenvalue weighted by molar-refractivity contribution is 0.436. The molecule has 0 amide bonds. The molecule has 2 nitrogen and oxygen atoms in total. The van der Waals surface area contributed by atoms with Crippen molar-refractivity contribution in [2.45, 2.75) is 40.4 Å². The van der Waals surface area contributed by atoms with Gasteiger partial charge in [0.2, 0.25) is 0 Å². The number of hydrogen-bond donors (Lipinski definition) is 0. The highest BCUT2D eigenvalue weighted by atomic mass is 35.5. The van der Waals surface area contributed by atoms with Crippen LogP contribution in [0.25, 0.3) is 55.0 Å². The molecule has 318 valence electrons.